The van der Waals surface area contributed by atoms with E-state index in [0.717, 1.165) is 27.7 Å². The number of aliphatic hydroxyl groups excluding tert-OH is 22. The van der Waals surface area contributed by atoms with Crippen molar-refractivity contribution in [3.05, 3.63) is 0 Å². The van der Waals surface area contributed by atoms with E-state index in [1.165, 1.54) is 0 Å². The fraction of sp³-hybridized carbons (Fsp3) is 0.929. The lowest BCUT2D eigenvalue weighted by Crippen LogP contribution is -2.70. The first-order valence-corrected chi connectivity index (χ1v) is 32.1. The van der Waals surface area contributed by atoms with E-state index < -0.39 is 322 Å². The molecule has 8 aliphatic heterocycles. The van der Waals surface area contributed by atoms with Crippen LogP contribution in [0.5, 0.6) is 0 Å². The molecule has 8 heterocycles. The van der Waals surface area contributed by atoms with Crippen LogP contribution in [0.15, 0.2) is 0 Å². The van der Waals surface area contributed by atoms with Crippen LogP contribution < -0.4 is 21.3 Å². The van der Waals surface area contributed by atoms with Crippen LogP contribution in [0, 0.1) is 0 Å². The number of ether oxygens (including phenoxy) is 15. The standard InChI is InChI=1S/C56H94N4O41/c1-13(67)57-25-33(75)44(19(7-63)89-49(25)86)97-51-27(59-15(3)69)35(77)47(21(9-65)93-51)100-55-43(85)39(81)31(73)23(95-55)12-88-56-48(101-52-28(60-16(4)70)36(78)46(22(10-66)94-52)99-54-42(84)38(80)30(72)18(6-62)91-54)40(82)32(74)24(96-56)11-87-50-26(58-14(2)68)34(76)45(20(8-64)92-50)98-53-41(83)37(79)29(71)17(5-61)90-53/h17-56,61-66,71-86H,5-12H2,1-4H3,(H,57,67)(H,58,68)(H,59,69)(H,60,70)/t17-,18-,19-,20-,21-,22-,23-,24-,25-,26-,27-,28-,29+,30+,31-,32-,33-,34-,35-,36-,37+,38+,39+,40+,41-,42-,43+,44-,45-,46-,47-,48+,49-,50-,51+,52+,53+,54+,55+,56+/m1/s1. The maximum Gasteiger partial charge on any atom is 0.217 e. The summed E-state index contributed by atoms with van der Waals surface area (Å²) in [6.45, 7) is -4.06. The van der Waals surface area contributed by atoms with Crippen LogP contribution in [0.3, 0.4) is 0 Å². The summed E-state index contributed by atoms with van der Waals surface area (Å²) in [5.74, 6) is -3.38. The predicted octanol–water partition coefficient (Wildman–Crippen LogP) is -17.9. The van der Waals surface area contributed by atoms with E-state index in [1.54, 1.807) is 0 Å². The second kappa shape index (κ2) is 36.3. The quantitative estimate of drug-likeness (QED) is 0.0382. The third-order valence-electron chi connectivity index (χ3n) is 18.2. The molecule has 40 atom stereocenters. The van der Waals surface area contributed by atoms with Crippen molar-refractivity contribution >= 4 is 23.6 Å². The molecular weight excluding hydrogens is 1380 g/mol. The molecule has 0 spiro atoms. The summed E-state index contributed by atoms with van der Waals surface area (Å²) in [4.78, 5) is 50.2. The van der Waals surface area contributed by atoms with Crippen LogP contribution in [0.25, 0.3) is 0 Å². The fourth-order valence-electron chi connectivity index (χ4n) is 12.9. The number of rotatable bonds is 26. The van der Waals surface area contributed by atoms with Crippen molar-refractivity contribution in [1.29, 1.82) is 0 Å². The van der Waals surface area contributed by atoms with Crippen molar-refractivity contribution in [2.24, 2.45) is 0 Å². The first kappa shape index (κ1) is 83.0. The molecular formula is C56H94N4O41. The van der Waals surface area contributed by atoms with Crippen LogP contribution in [0.2, 0.25) is 0 Å². The van der Waals surface area contributed by atoms with Crippen LogP contribution in [0.4, 0.5) is 0 Å². The average Bonchev–Trinajstić information content (AvgIpc) is 0.779. The smallest absolute Gasteiger partial charge is 0.217 e. The molecule has 45 heteroatoms. The van der Waals surface area contributed by atoms with E-state index in [4.69, 9.17) is 71.1 Å². The highest BCUT2D eigenvalue weighted by molar-refractivity contribution is 5.74. The minimum absolute atomic E-state index is 0.742. The maximum atomic E-state index is 12.9. The molecule has 8 fully saturated rings. The lowest BCUT2D eigenvalue weighted by molar-refractivity contribution is -0.382. The van der Waals surface area contributed by atoms with Gasteiger partial charge in [0.1, 0.15) is 195 Å². The molecule has 0 aromatic rings. The SMILES string of the molecule is CC(=O)N[C@@H]1[C@@H](O)[C@H](O[C@@H]2O[C@H](CO)[C@@H](O[C@@H]3O[C@H](CO[C@H]4O[C@H](CO[C@@H]5O[C@H](CO)[C@@H](O[C@@H]6O[C@H](CO)[C@H](O)[C@H](O)[C@H]6O)[C@H](O)[C@H]5NC(C)=O)[C@@H](O)[C@H](O)[C@@H]4O[C@@H]4O[C@H](CO)[C@@H](O[C@@H]5O[C@H](CO)[C@H](O)[C@H](O)[C@H]5O)[C@H](O)[C@H]4NC(C)=O)[C@@H](O)[C@H](O)[C@@H]3O)[C@H](O)[C@H]2NC(C)=O)[C@@H](CO)O[C@H]1O. The van der Waals surface area contributed by atoms with Crippen LogP contribution in [0.1, 0.15) is 27.7 Å². The number of hydrogen-bond acceptors (Lipinski definition) is 41. The Labute approximate surface area is 572 Å². The Hall–Kier alpha value is -3.60. The molecule has 0 bridgehead atoms. The van der Waals surface area contributed by atoms with Gasteiger partial charge in [-0.1, -0.05) is 0 Å². The second-order valence-electron chi connectivity index (χ2n) is 25.4. The Kier molecular flexibility index (Phi) is 29.9. The highest BCUT2D eigenvalue weighted by Gasteiger charge is 2.59. The van der Waals surface area contributed by atoms with E-state index in [-0.39, 0.29) is 0 Å². The van der Waals surface area contributed by atoms with Gasteiger partial charge in [-0.05, 0) is 0 Å². The molecule has 45 nitrogen and oxygen atoms in total. The monoisotopic (exact) mass is 1480 g/mol. The normalized spacial score (nSPS) is 48.3. The third-order valence-corrected chi connectivity index (χ3v) is 18.2. The zero-order valence-corrected chi connectivity index (χ0v) is 54.3. The van der Waals surface area contributed by atoms with Crippen molar-refractivity contribution in [3.8, 4) is 0 Å². The van der Waals surface area contributed by atoms with Crippen LogP contribution in [-0.4, -0.2) is 434 Å². The fourth-order valence-corrected chi connectivity index (χ4v) is 12.9. The zero-order chi connectivity index (χ0) is 74.5. The van der Waals surface area contributed by atoms with Gasteiger partial charge in [-0.2, -0.15) is 0 Å². The van der Waals surface area contributed by atoms with Gasteiger partial charge in [-0.15, -0.1) is 0 Å². The van der Waals surface area contributed by atoms with Crippen molar-refractivity contribution in [3.63, 3.8) is 0 Å². The maximum absolute atomic E-state index is 12.9. The van der Waals surface area contributed by atoms with E-state index in [1.807, 2.05) is 0 Å². The van der Waals surface area contributed by atoms with Gasteiger partial charge in [0.25, 0.3) is 0 Å². The summed E-state index contributed by atoms with van der Waals surface area (Å²) in [5, 5.41) is 250. The molecule has 0 aliphatic carbocycles. The summed E-state index contributed by atoms with van der Waals surface area (Å²) >= 11 is 0. The van der Waals surface area contributed by atoms with E-state index in [0.29, 0.717) is 0 Å². The summed E-state index contributed by atoms with van der Waals surface area (Å²) in [6.07, 6.45) is -70.8. The van der Waals surface area contributed by atoms with E-state index >= 15 is 0 Å². The highest BCUT2D eigenvalue weighted by atomic mass is 16.8. The number of amides is 4. The Morgan fingerprint density at radius 1 is 0.257 bits per heavy atom. The first-order valence-electron chi connectivity index (χ1n) is 32.1. The van der Waals surface area contributed by atoms with Gasteiger partial charge in [0.05, 0.1) is 52.9 Å². The summed E-state index contributed by atoms with van der Waals surface area (Å²) in [7, 11) is 0. The third kappa shape index (κ3) is 18.7. The lowest BCUT2D eigenvalue weighted by Gasteiger charge is -2.50. The highest BCUT2D eigenvalue weighted by Crippen LogP contribution is 2.38. The number of hydrogen-bond donors (Lipinski definition) is 26. The largest absolute Gasteiger partial charge is 0.394 e. The van der Waals surface area contributed by atoms with Gasteiger partial charge in [0.15, 0.2) is 50.3 Å². The van der Waals surface area contributed by atoms with Crippen LogP contribution >= 0.6 is 0 Å². The minimum atomic E-state index is -2.36. The van der Waals surface area contributed by atoms with Crippen molar-refractivity contribution < 1.29 is 203 Å². The first-order chi connectivity index (χ1) is 47.7. The number of nitrogens with one attached hydrogen (secondary N) is 4. The number of carbonyl (C=O) groups is 4. The Morgan fingerprint density at radius 2 is 0.505 bits per heavy atom. The van der Waals surface area contributed by atoms with E-state index in [2.05, 4.69) is 21.3 Å². The summed E-state index contributed by atoms with van der Waals surface area (Å²) in [5.41, 5.74) is 0. The average molecular weight is 1480 g/mol. The molecule has 8 saturated heterocycles. The Morgan fingerprint density at radius 3 is 0.861 bits per heavy atom. The van der Waals surface area contributed by atoms with E-state index in [9.17, 15) is 132 Å². The summed E-state index contributed by atoms with van der Waals surface area (Å²) < 4.78 is 87.7. The van der Waals surface area contributed by atoms with Gasteiger partial charge in [-0.25, -0.2) is 0 Å². The second-order valence-corrected chi connectivity index (χ2v) is 25.4. The molecule has 26 N–H and O–H groups in total. The van der Waals surface area contributed by atoms with Gasteiger partial charge in [0, 0.05) is 27.7 Å². The lowest BCUT2D eigenvalue weighted by atomic mass is 9.94. The summed E-state index contributed by atoms with van der Waals surface area (Å²) in [6, 6.07) is -6.98. The Balaban J connectivity index is 1.06. The molecule has 0 saturated carbocycles. The van der Waals surface area contributed by atoms with Gasteiger partial charge in [0.2, 0.25) is 23.6 Å². The van der Waals surface area contributed by atoms with Gasteiger partial charge in [-0.3, -0.25) is 19.2 Å². The molecule has 0 radical (unpaired) electrons. The molecule has 0 aromatic heterocycles. The predicted molar refractivity (Wildman–Crippen MR) is 311 cm³/mol. The van der Waals surface area contributed by atoms with Crippen molar-refractivity contribution in [2.75, 3.05) is 52.9 Å². The molecule has 8 aliphatic rings. The van der Waals surface area contributed by atoms with Gasteiger partial charge < -0.3 is 205 Å². The zero-order valence-electron chi connectivity index (χ0n) is 54.3. The molecule has 4 amide bonds. The molecule has 0 aromatic carbocycles. The molecule has 0 unspecified atom stereocenters. The molecule has 101 heavy (non-hydrogen) atoms. The molecule has 8 rings (SSSR count). The topological polar surface area (TPSA) is 700 Å². The van der Waals surface area contributed by atoms with Crippen molar-refractivity contribution in [1.82, 2.24) is 21.3 Å². The number of aliphatic hydroxyl groups is 22. The van der Waals surface area contributed by atoms with Crippen LogP contribution in [-0.2, 0) is 90.2 Å². The Bertz CT molecular complexity index is 2630. The number of carbonyl (C=O) groups excluding carboxylic acids is 4. The minimum Gasteiger partial charge on any atom is -0.394 e. The molecule has 584 valence electrons. The van der Waals surface area contributed by atoms with Crippen molar-refractivity contribution in [2.45, 2.75) is 273 Å². The van der Waals surface area contributed by atoms with Gasteiger partial charge >= 0.3 is 0 Å².